The molecular formula is C29H29NO5. The van der Waals surface area contributed by atoms with Gasteiger partial charge in [-0.2, -0.15) is 0 Å². The zero-order chi connectivity index (χ0) is 24.5. The number of carbonyl (C=O) groups is 1. The van der Waals surface area contributed by atoms with E-state index in [4.69, 9.17) is 13.9 Å². The molecule has 0 saturated carbocycles. The quantitative estimate of drug-likeness (QED) is 0.204. The number of aryl methyl sites for hydroxylation is 2. The van der Waals surface area contributed by atoms with Gasteiger partial charge in [0.1, 0.15) is 17.1 Å². The van der Waals surface area contributed by atoms with Gasteiger partial charge in [-0.15, -0.1) is 0 Å². The minimum atomic E-state index is -0.256. The van der Waals surface area contributed by atoms with E-state index in [-0.39, 0.29) is 18.0 Å². The molecule has 0 radical (unpaired) electrons. The van der Waals surface area contributed by atoms with Crippen LogP contribution in [0.5, 0.6) is 11.5 Å². The summed E-state index contributed by atoms with van der Waals surface area (Å²) in [4.78, 5) is 25.6. The van der Waals surface area contributed by atoms with Gasteiger partial charge in [0.05, 0.1) is 7.11 Å². The Kier molecular flexibility index (Phi) is 6.20. The molecule has 1 aliphatic carbocycles. The Balaban J connectivity index is 1.36. The number of hydrogen-bond donors (Lipinski definition) is 0. The van der Waals surface area contributed by atoms with Crippen LogP contribution >= 0.6 is 0 Å². The van der Waals surface area contributed by atoms with Crippen LogP contribution < -0.4 is 15.1 Å². The first-order valence-electron chi connectivity index (χ1n) is 12.0. The SMILES string of the molecule is COc1ccc(-n2c(C)cc(C(=O)COc3ccc4c5c(c(=O)oc4c3)CCCCC5)c2C)cc1. The maximum atomic E-state index is 13.1. The molecule has 6 heteroatoms. The van der Waals surface area contributed by atoms with Gasteiger partial charge in [0, 0.05) is 39.7 Å². The lowest BCUT2D eigenvalue weighted by Crippen LogP contribution is -2.13. The fraction of sp³-hybridized carbons (Fsp3) is 0.310. The van der Waals surface area contributed by atoms with Gasteiger partial charge in [-0.05, 0) is 87.6 Å². The second-order valence-electron chi connectivity index (χ2n) is 9.10. The van der Waals surface area contributed by atoms with E-state index in [9.17, 15) is 9.59 Å². The maximum Gasteiger partial charge on any atom is 0.339 e. The molecule has 0 bridgehead atoms. The van der Waals surface area contributed by atoms with Gasteiger partial charge < -0.3 is 18.5 Å². The fourth-order valence-corrected chi connectivity index (χ4v) is 5.09. The summed E-state index contributed by atoms with van der Waals surface area (Å²) in [5.41, 5.74) is 5.57. The molecule has 0 unspecified atom stereocenters. The van der Waals surface area contributed by atoms with Crippen LogP contribution in [0.4, 0.5) is 0 Å². The number of Topliss-reactive ketones (excluding diaryl/α,β-unsaturated/α-hetero) is 1. The third kappa shape index (κ3) is 4.36. The Labute approximate surface area is 204 Å². The van der Waals surface area contributed by atoms with E-state index in [1.807, 2.05) is 60.9 Å². The number of nitrogens with zero attached hydrogens (tertiary/aromatic N) is 1. The molecule has 0 N–H and O–H groups in total. The lowest BCUT2D eigenvalue weighted by Gasteiger charge is -2.11. The molecule has 2 aromatic carbocycles. The van der Waals surface area contributed by atoms with Crippen molar-refractivity contribution >= 4 is 16.8 Å². The number of carbonyl (C=O) groups excluding carboxylic acids is 1. The van der Waals surface area contributed by atoms with Crippen LogP contribution in [0.2, 0.25) is 0 Å². The Bertz CT molecular complexity index is 1460. The van der Waals surface area contributed by atoms with Crippen molar-refractivity contribution in [2.24, 2.45) is 0 Å². The number of fused-ring (bicyclic) bond motifs is 3. The standard InChI is InChI=1S/C29H29NO5/c1-18-15-26(19(2)30(18)20-9-11-21(33-3)12-10-20)27(31)17-34-22-13-14-24-23-7-5-4-6-8-25(23)29(32)35-28(24)16-22/h9-16H,4-8,17H2,1-3H3. The first-order chi connectivity index (χ1) is 17.0. The van der Waals surface area contributed by atoms with Gasteiger partial charge in [-0.25, -0.2) is 4.79 Å². The zero-order valence-electron chi connectivity index (χ0n) is 20.3. The van der Waals surface area contributed by atoms with E-state index in [1.54, 1.807) is 13.2 Å². The first-order valence-corrected chi connectivity index (χ1v) is 12.0. The molecule has 1 aliphatic rings. The molecule has 180 valence electrons. The number of hydrogen-bond acceptors (Lipinski definition) is 5. The van der Waals surface area contributed by atoms with Crippen molar-refractivity contribution in [3.8, 4) is 17.2 Å². The molecule has 2 aromatic heterocycles. The second-order valence-corrected chi connectivity index (χ2v) is 9.10. The Morgan fingerprint density at radius 3 is 2.40 bits per heavy atom. The van der Waals surface area contributed by atoms with Gasteiger partial charge in [0.2, 0.25) is 5.78 Å². The Hall–Kier alpha value is -3.80. The zero-order valence-corrected chi connectivity index (χ0v) is 20.3. The van der Waals surface area contributed by atoms with Crippen molar-refractivity contribution in [3.05, 3.63) is 87.0 Å². The number of ether oxygens (including phenoxy) is 2. The highest BCUT2D eigenvalue weighted by Gasteiger charge is 2.19. The number of ketones is 1. The molecule has 0 spiro atoms. The van der Waals surface area contributed by atoms with E-state index >= 15 is 0 Å². The van der Waals surface area contributed by atoms with E-state index in [2.05, 4.69) is 0 Å². The van der Waals surface area contributed by atoms with Gasteiger partial charge >= 0.3 is 5.63 Å². The summed E-state index contributed by atoms with van der Waals surface area (Å²) in [5, 5.41) is 0.961. The number of benzene rings is 2. The highest BCUT2D eigenvalue weighted by molar-refractivity contribution is 5.99. The minimum Gasteiger partial charge on any atom is -0.497 e. The molecule has 6 nitrogen and oxygen atoms in total. The lowest BCUT2D eigenvalue weighted by atomic mass is 10.0. The highest BCUT2D eigenvalue weighted by Crippen LogP contribution is 2.29. The van der Waals surface area contributed by atoms with Crippen molar-refractivity contribution in [1.29, 1.82) is 0 Å². The molecule has 0 atom stereocenters. The van der Waals surface area contributed by atoms with Crippen LogP contribution in [-0.2, 0) is 12.8 Å². The molecule has 0 saturated heterocycles. The summed E-state index contributed by atoms with van der Waals surface area (Å²) in [6.45, 7) is 3.80. The van der Waals surface area contributed by atoms with E-state index in [0.717, 1.165) is 71.4 Å². The van der Waals surface area contributed by atoms with Crippen LogP contribution in [0.15, 0.2) is 57.7 Å². The molecule has 4 aromatic rings. The molecule has 5 rings (SSSR count). The van der Waals surface area contributed by atoms with Crippen molar-refractivity contribution in [1.82, 2.24) is 4.57 Å². The van der Waals surface area contributed by atoms with Crippen LogP contribution in [0.25, 0.3) is 16.7 Å². The van der Waals surface area contributed by atoms with Gasteiger partial charge in [-0.3, -0.25) is 4.79 Å². The van der Waals surface area contributed by atoms with E-state index in [0.29, 0.717) is 16.9 Å². The topological polar surface area (TPSA) is 70.7 Å². The average Bonchev–Trinajstić information content (AvgIpc) is 3.02. The normalized spacial score (nSPS) is 13.3. The molecular weight excluding hydrogens is 442 g/mol. The van der Waals surface area contributed by atoms with Crippen molar-refractivity contribution in [2.75, 3.05) is 13.7 Å². The Morgan fingerprint density at radius 1 is 0.943 bits per heavy atom. The first kappa shape index (κ1) is 23.0. The van der Waals surface area contributed by atoms with Gasteiger partial charge in [0.25, 0.3) is 0 Å². The summed E-state index contributed by atoms with van der Waals surface area (Å²) < 4.78 is 18.8. The second kappa shape index (κ2) is 9.45. The highest BCUT2D eigenvalue weighted by atomic mass is 16.5. The summed E-state index contributed by atoms with van der Waals surface area (Å²) in [5.74, 6) is 1.18. The van der Waals surface area contributed by atoms with Crippen LogP contribution in [0, 0.1) is 13.8 Å². The lowest BCUT2D eigenvalue weighted by molar-refractivity contribution is 0.0921. The largest absolute Gasteiger partial charge is 0.497 e. The van der Waals surface area contributed by atoms with Gasteiger partial charge in [0.15, 0.2) is 6.61 Å². The van der Waals surface area contributed by atoms with Crippen LogP contribution in [0.3, 0.4) is 0 Å². The third-order valence-electron chi connectivity index (χ3n) is 6.88. The van der Waals surface area contributed by atoms with Crippen LogP contribution in [-0.4, -0.2) is 24.1 Å². The van der Waals surface area contributed by atoms with Crippen LogP contribution in [0.1, 0.15) is 52.1 Å². The fourth-order valence-electron chi connectivity index (χ4n) is 5.09. The Morgan fingerprint density at radius 2 is 1.66 bits per heavy atom. The van der Waals surface area contributed by atoms with Crippen molar-refractivity contribution in [3.63, 3.8) is 0 Å². The average molecular weight is 472 g/mol. The summed E-state index contributed by atoms with van der Waals surface area (Å²) in [7, 11) is 1.64. The number of aromatic nitrogens is 1. The smallest absolute Gasteiger partial charge is 0.339 e. The third-order valence-corrected chi connectivity index (χ3v) is 6.88. The minimum absolute atomic E-state index is 0.104. The van der Waals surface area contributed by atoms with Crippen molar-refractivity contribution in [2.45, 2.75) is 46.0 Å². The number of rotatable bonds is 6. The molecule has 0 aliphatic heterocycles. The summed E-state index contributed by atoms with van der Waals surface area (Å²) in [6.07, 6.45) is 4.88. The molecule has 35 heavy (non-hydrogen) atoms. The predicted octanol–water partition coefficient (Wildman–Crippen LogP) is 5.74. The number of methoxy groups -OCH3 is 1. The van der Waals surface area contributed by atoms with Crippen molar-refractivity contribution < 1.29 is 18.7 Å². The van der Waals surface area contributed by atoms with Gasteiger partial charge in [-0.1, -0.05) is 6.42 Å². The predicted molar refractivity (Wildman–Crippen MR) is 135 cm³/mol. The van der Waals surface area contributed by atoms with E-state index < -0.39 is 0 Å². The summed E-state index contributed by atoms with van der Waals surface area (Å²) in [6, 6.07) is 15.1. The molecule has 0 fully saturated rings. The molecule has 0 amide bonds. The van der Waals surface area contributed by atoms with E-state index in [1.165, 1.54) is 0 Å². The molecule has 2 heterocycles. The summed E-state index contributed by atoms with van der Waals surface area (Å²) >= 11 is 0. The maximum absolute atomic E-state index is 13.1. The monoisotopic (exact) mass is 471 g/mol.